The first-order valence-corrected chi connectivity index (χ1v) is 18.5. The second-order valence-corrected chi connectivity index (χ2v) is 13.0. The number of carbonyl (C=O) groups excluding carboxylic acids is 3. The van der Waals surface area contributed by atoms with Gasteiger partial charge in [-0.05, 0) is 45.4 Å². The van der Waals surface area contributed by atoms with Gasteiger partial charge in [-0.15, -0.1) is 0 Å². The van der Waals surface area contributed by atoms with Gasteiger partial charge in [-0.25, -0.2) is 28.5 Å². The molecule has 3 aromatic heterocycles. The van der Waals surface area contributed by atoms with Crippen LogP contribution in [0.1, 0.15) is 52.0 Å². The number of ether oxygens (including phenoxy) is 3. The maximum absolute atomic E-state index is 15.1. The Bertz CT molecular complexity index is 2160. The fraction of sp³-hybridized carbons (Fsp3) is 0.359. The summed E-state index contributed by atoms with van der Waals surface area (Å²) < 4.78 is 48.3. The van der Waals surface area contributed by atoms with Gasteiger partial charge in [-0.3, -0.25) is 14.3 Å². The molecule has 0 spiro atoms. The number of unbranched alkanes of at least 4 members (excludes halogenated alkanes) is 1. The summed E-state index contributed by atoms with van der Waals surface area (Å²) in [4.78, 5) is 50.0. The van der Waals surface area contributed by atoms with Crippen LogP contribution in [0.4, 0.5) is 26.1 Å². The predicted molar refractivity (Wildman–Crippen MR) is 209 cm³/mol. The number of fused-ring (bicyclic) bond motifs is 1. The highest BCUT2D eigenvalue weighted by Gasteiger charge is 2.22. The number of nitrogens with two attached hydrogens (primary N) is 2. The minimum absolute atomic E-state index is 0.00724. The molecule has 0 bridgehead atoms. The molecule has 2 aromatic carbocycles. The van der Waals surface area contributed by atoms with Crippen molar-refractivity contribution in [3.05, 3.63) is 78.1 Å². The Kier molecular flexibility index (Phi) is 14.7. The average molecular weight is 789 g/mol. The number of anilines is 3. The number of nitrogens with zero attached hydrogens (tertiary/aromatic N) is 5. The highest BCUT2D eigenvalue weighted by Crippen LogP contribution is 2.32. The normalized spacial score (nSPS) is 12.1. The van der Waals surface area contributed by atoms with Crippen molar-refractivity contribution >= 4 is 46.0 Å². The summed E-state index contributed by atoms with van der Waals surface area (Å²) in [5.74, 6) is -1.92. The molecule has 302 valence electrons. The Morgan fingerprint density at radius 1 is 0.982 bits per heavy atom. The van der Waals surface area contributed by atoms with E-state index < -0.39 is 35.6 Å². The summed E-state index contributed by atoms with van der Waals surface area (Å²) in [7, 11) is 0. The number of para-hydroxylation sites is 1. The van der Waals surface area contributed by atoms with Crippen molar-refractivity contribution in [2.75, 3.05) is 37.0 Å². The lowest BCUT2D eigenvalue weighted by atomic mass is 10.1. The zero-order valence-electron chi connectivity index (χ0n) is 31.9. The molecule has 7 N–H and O–H groups in total. The van der Waals surface area contributed by atoms with Crippen molar-refractivity contribution in [1.82, 2.24) is 30.0 Å². The third kappa shape index (κ3) is 11.4. The molecule has 0 unspecified atom stereocenters. The van der Waals surface area contributed by atoms with Crippen LogP contribution in [-0.2, 0) is 25.7 Å². The Hall–Kier alpha value is -6.27. The van der Waals surface area contributed by atoms with Gasteiger partial charge in [-0.1, -0.05) is 24.6 Å². The molecule has 16 nitrogen and oxygen atoms in total. The zero-order chi connectivity index (χ0) is 40.9. The Labute approximate surface area is 327 Å². The molecule has 3 heterocycles. The van der Waals surface area contributed by atoms with Gasteiger partial charge in [0.1, 0.15) is 34.9 Å². The van der Waals surface area contributed by atoms with E-state index in [0.29, 0.717) is 47.5 Å². The summed E-state index contributed by atoms with van der Waals surface area (Å²) in [6.45, 7) is 5.22. The van der Waals surface area contributed by atoms with E-state index >= 15 is 8.78 Å². The average Bonchev–Trinajstić information content (AvgIpc) is 3.54. The molecule has 5 aromatic rings. The molecule has 2 amide bonds. The van der Waals surface area contributed by atoms with E-state index in [1.54, 1.807) is 43.3 Å². The van der Waals surface area contributed by atoms with Crippen LogP contribution in [0.25, 0.3) is 22.4 Å². The van der Waals surface area contributed by atoms with Crippen LogP contribution < -0.4 is 36.9 Å². The molecule has 0 radical (unpaired) electrons. The number of pyridine rings is 1. The molecule has 0 fully saturated rings. The number of nitrogens with one attached hydrogen (secondary N) is 3. The monoisotopic (exact) mass is 788 g/mol. The van der Waals surface area contributed by atoms with E-state index in [9.17, 15) is 14.4 Å². The third-order valence-corrected chi connectivity index (χ3v) is 8.49. The van der Waals surface area contributed by atoms with Crippen LogP contribution in [0.3, 0.4) is 0 Å². The molecule has 0 aliphatic heterocycles. The molecule has 18 heteroatoms. The van der Waals surface area contributed by atoms with Crippen LogP contribution in [0.2, 0.25) is 0 Å². The van der Waals surface area contributed by atoms with E-state index in [1.165, 1.54) is 30.9 Å². The fourth-order valence-corrected chi connectivity index (χ4v) is 5.68. The second kappa shape index (κ2) is 20.1. The smallest absolute Gasteiger partial charge is 0.328 e. The summed E-state index contributed by atoms with van der Waals surface area (Å²) in [6.07, 6.45) is 5.13. The summed E-state index contributed by atoms with van der Waals surface area (Å²) in [6, 6.07) is 11.0. The van der Waals surface area contributed by atoms with E-state index in [-0.39, 0.29) is 67.4 Å². The number of carbonyl (C=O) groups is 3. The molecule has 0 saturated carbocycles. The van der Waals surface area contributed by atoms with E-state index in [0.717, 1.165) is 18.6 Å². The standard InChI is InChI=1S/C39H46F2N10O6/c1-4-55-26-19-29(40)28(30(41)20-26)22-51-32-12-6-5-10-27(32)35(50-51)37-45-21-33(36(49-37)48-25-13-15-44-34(18-25)47-24(3)52)56-16-9-17-57-39(54)23(2)46-38(53)31(43)11-7-8-14-42/h5-6,10,12-13,15,18-21,23,31H,4,7-9,11,14,16-17,22,42-43H2,1-3H3,(H,46,53)(H2,44,45,47,48,49,52)/t23-,31-/m0/s1. The molecule has 57 heavy (non-hydrogen) atoms. The highest BCUT2D eigenvalue weighted by molar-refractivity contribution is 5.92. The maximum atomic E-state index is 15.1. The van der Waals surface area contributed by atoms with Gasteiger partial charge in [0.05, 0.1) is 44.1 Å². The number of hydrogen-bond donors (Lipinski definition) is 5. The van der Waals surface area contributed by atoms with Crippen molar-refractivity contribution < 1.29 is 37.4 Å². The molecule has 2 atom stereocenters. The first kappa shape index (κ1) is 41.9. The minimum Gasteiger partial charge on any atom is -0.494 e. The summed E-state index contributed by atoms with van der Waals surface area (Å²) >= 11 is 0. The van der Waals surface area contributed by atoms with E-state index in [2.05, 4.69) is 25.9 Å². The van der Waals surface area contributed by atoms with Crippen molar-refractivity contribution in [3.8, 4) is 23.0 Å². The Morgan fingerprint density at radius 2 is 1.75 bits per heavy atom. The van der Waals surface area contributed by atoms with Crippen LogP contribution in [-0.4, -0.2) is 81.0 Å². The lowest BCUT2D eigenvalue weighted by Gasteiger charge is -2.17. The molecule has 0 aliphatic rings. The van der Waals surface area contributed by atoms with Crippen LogP contribution in [0.15, 0.2) is 60.9 Å². The zero-order valence-corrected chi connectivity index (χ0v) is 31.9. The predicted octanol–water partition coefficient (Wildman–Crippen LogP) is 4.59. The van der Waals surface area contributed by atoms with Gasteiger partial charge in [0.15, 0.2) is 17.4 Å². The molecular formula is C39H46F2N10O6. The maximum Gasteiger partial charge on any atom is 0.328 e. The summed E-state index contributed by atoms with van der Waals surface area (Å²) in [5.41, 5.74) is 12.6. The topological polar surface area (TPSA) is 224 Å². The van der Waals surface area contributed by atoms with Crippen molar-refractivity contribution in [2.24, 2.45) is 11.5 Å². The van der Waals surface area contributed by atoms with Gasteiger partial charge in [-0.2, -0.15) is 5.10 Å². The lowest BCUT2D eigenvalue weighted by Crippen LogP contribution is -2.47. The van der Waals surface area contributed by atoms with Crippen molar-refractivity contribution in [1.29, 1.82) is 0 Å². The summed E-state index contributed by atoms with van der Waals surface area (Å²) in [5, 5.41) is 13.7. The number of halogens is 2. The van der Waals surface area contributed by atoms with Crippen molar-refractivity contribution in [3.63, 3.8) is 0 Å². The third-order valence-electron chi connectivity index (χ3n) is 8.49. The van der Waals surface area contributed by atoms with Gasteiger partial charge >= 0.3 is 5.97 Å². The van der Waals surface area contributed by atoms with Gasteiger partial charge < -0.3 is 41.6 Å². The fourth-order valence-electron chi connectivity index (χ4n) is 5.68. The quantitative estimate of drug-likeness (QED) is 0.0539. The molecule has 0 saturated heterocycles. The van der Waals surface area contributed by atoms with Crippen molar-refractivity contribution in [2.45, 2.75) is 65.1 Å². The molecule has 5 rings (SSSR count). The van der Waals surface area contributed by atoms with Crippen LogP contribution >= 0.6 is 0 Å². The SMILES string of the molecule is CCOc1cc(F)c(Cn2nc(-c3ncc(OCCCOC(=O)[C@H](C)NC(=O)[C@@H](N)CCCCN)c(Nc4ccnc(NC(C)=O)c4)n3)c3ccccc32)c(F)c1. The van der Waals surface area contributed by atoms with Gasteiger partial charge in [0.2, 0.25) is 11.8 Å². The molecular weight excluding hydrogens is 742 g/mol. The first-order valence-electron chi connectivity index (χ1n) is 18.5. The van der Waals surface area contributed by atoms with E-state index in [1.807, 2.05) is 0 Å². The number of rotatable bonds is 20. The number of benzene rings is 2. The minimum atomic E-state index is -0.906. The lowest BCUT2D eigenvalue weighted by molar-refractivity contribution is -0.147. The molecule has 0 aliphatic carbocycles. The highest BCUT2D eigenvalue weighted by atomic mass is 19.1. The number of hydrogen-bond acceptors (Lipinski definition) is 13. The second-order valence-electron chi connectivity index (χ2n) is 13.0. The van der Waals surface area contributed by atoms with E-state index in [4.69, 9.17) is 35.8 Å². The number of aromatic nitrogens is 5. The van der Waals surface area contributed by atoms with Gasteiger partial charge in [0, 0.05) is 54.4 Å². The van der Waals surface area contributed by atoms with Crippen LogP contribution in [0, 0.1) is 11.6 Å². The number of esters is 1. The largest absolute Gasteiger partial charge is 0.494 e. The Morgan fingerprint density at radius 3 is 2.49 bits per heavy atom. The van der Waals surface area contributed by atoms with Crippen LogP contribution in [0.5, 0.6) is 11.5 Å². The number of amides is 2. The Balaban J connectivity index is 1.34. The van der Waals surface area contributed by atoms with Gasteiger partial charge in [0.25, 0.3) is 0 Å². The first-order chi connectivity index (χ1) is 27.5.